The Kier molecular flexibility index (Phi) is 3.46. The van der Waals surface area contributed by atoms with Crippen molar-refractivity contribution in [2.75, 3.05) is 13.1 Å². The first kappa shape index (κ1) is 14.2. The zero-order valence-corrected chi connectivity index (χ0v) is 14.0. The second kappa shape index (κ2) is 5.35. The third kappa shape index (κ3) is 2.44. The molecule has 1 N–H and O–H groups in total. The minimum atomic E-state index is -0.110. The number of rotatable bonds is 2. The molecule has 0 aliphatic carbocycles. The van der Waals surface area contributed by atoms with Gasteiger partial charge < -0.3 is 9.73 Å². The normalized spacial score (nSPS) is 30.6. The number of piperidine rings is 3. The Labute approximate surface area is 137 Å². The highest BCUT2D eigenvalue weighted by atomic mass is 79.9. The second-order valence-electron chi connectivity index (χ2n) is 6.37. The lowest BCUT2D eigenvalue weighted by Gasteiger charge is -2.48. The summed E-state index contributed by atoms with van der Waals surface area (Å²) in [4.78, 5) is 19.2. The first-order chi connectivity index (χ1) is 10.6. The molecule has 5 nitrogen and oxygen atoms in total. The van der Waals surface area contributed by atoms with Crippen LogP contribution in [0.3, 0.4) is 0 Å². The lowest BCUT2D eigenvalue weighted by atomic mass is 9.80. The van der Waals surface area contributed by atoms with Crippen LogP contribution < -0.4 is 5.32 Å². The highest BCUT2D eigenvalue weighted by molar-refractivity contribution is 9.10. The third-order valence-electron chi connectivity index (χ3n) is 4.98. The fraction of sp³-hybridized carbons (Fsp3) is 0.500. The molecule has 3 aliphatic heterocycles. The molecule has 0 saturated carbocycles. The highest BCUT2D eigenvalue weighted by Gasteiger charge is 2.38. The molecule has 5 heterocycles. The molecule has 3 saturated heterocycles. The van der Waals surface area contributed by atoms with Crippen LogP contribution in [0.15, 0.2) is 27.4 Å². The van der Waals surface area contributed by atoms with Gasteiger partial charge in [0.2, 0.25) is 0 Å². The van der Waals surface area contributed by atoms with E-state index in [-0.39, 0.29) is 11.9 Å². The van der Waals surface area contributed by atoms with Crippen molar-refractivity contribution in [1.29, 1.82) is 0 Å². The van der Waals surface area contributed by atoms with Crippen LogP contribution in [0.5, 0.6) is 0 Å². The van der Waals surface area contributed by atoms with Crippen LogP contribution in [-0.2, 0) is 0 Å². The molecule has 22 heavy (non-hydrogen) atoms. The summed E-state index contributed by atoms with van der Waals surface area (Å²) >= 11 is 3.29. The maximum Gasteiger partial charge on any atom is 0.270 e. The van der Waals surface area contributed by atoms with Crippen molar-refractivity contribution in [2.45, 2.75) is 31.8 Å². The van der Waals surface area contributed by atoms with Gasteiger partial charge in [-0.3, -0.25) is 14.7 Å². The Morgan fingerprint density at radius 1 is 1.50 bits per heavy atom. The number of fused-ring (bicyclic) bond motifs is 4. The Morgan fingerprint density at radius 2 is 2.36 bits per heavy atom. The smallest absolute Gasteiger partial charge is 0.270 e. The van der Waals surface area contributed by atoms with E-state index in [0.717, 1.165) is 18.5 Å². The van der Waals surface area contributed by atoms with Crippen LogP contribution >= 0.6 is 15.9 Å². The molecule has 6 heteroatoms. The average molecular weight is 364 g/mol. The van der Waals surface area contributed by atoms with Crippen LogP contribution in [-0.4, -0.2) is 41.0 Å². The molecule has 0 radical (unpaired) electrons. The van der Waals surface area contributed by atoms with E-state index in [1.54, 1.807) is 12.3 Å². The minimum Gasteiger partial charge on any atom is -0.449 e. The zero-order chi connectivity index (χ0) is 15.3. The standard InChI is InChI=1S/C16H18BrN3O2/c1-9-4-10-2-3-20(9)8-13(10)19-16(21)12-6-14-11(7-18-12)5-15(17)22-14/h5-7,9-10,13H,2-4,8H2,1H3,(H,19,21). The molecule has 0 spiro atoms. The number of amides is 1. The highest BCUT2D eigenvalue weighted by Crippen LogP contribution is 2.32. The SMILES string of the molecule is CC1CC2CCN1CC2NC(=O)c1cc2oc(Br)cc2cn1. The third-order valence-corrected chi connectivity index (χ3v) is 5.37. The Bertz CT molecular complexity index is 729. The summed E-state index contributed by atoms with van der Waals surface area (Å²) in [6.07, 6.45) is 4.02. The average Bonchev–Trinajstić information content (AvgIpc) is 2.87. The van der Waals surface area contributed by atoms with Crippen molar-refractivity contribution in [3.8, 4) is 0 Å². The molecule has 2 bridgehead atoms. The Morgan fingerprint density at radius 3 is 3.09 bits per heavy atom. The lowest BCUT2D eigenvalue weighted by Crippen LogP contribution is -2.60. The van der Waals surface area contributed by atoms with Gasteiger partial charge in [-0.1, -0.05) is 0 Å². The number of pyridine rings is 1. The van der Waals surface area contributed by atoms with Gasteiger partial charge in [0.1, 0.15) is 11.3 Å². The molecule has 2 aromatic rings. The monoisotopic (exact) mass is 363 g/mol. The molecule has 3 fully saturated rings. The molecule has 4 unspecified atom stereocenters. The summed E-state index contributed by atoms with van der Waals surface area (Å²) in [6, 6.07) is 4.43. The molecular weight excluding hydrogens is 346 g/mol. The molecule has 5 rings (SSSR count). The predicted molar refractivity (Wildman–Crippen MR) is 86.7 cm³/mol. The number of hydrogen-bond acceptors (Lipinski definition) is 4. The van der Waals surface area contributed by atoms with Gasteiger partial charge in [0, 0.05) is 42.3 Å². The van der Waals surface area contributed by atoms with E-state index in [2.05, 4.69) is 38.1 Å². The van der Waals surface area contributed by atoms with E-state index < -0.39 is 0 Å². The Balaban J connectivity index is 1.51. The van der Waals surface area contributed by atoms with Gasteiger partial charge in [0.25, 0.3) is 5.91 Å². The summed E-state index contributed by atoms with van der Waals surface area (Å²) in [6.45, 7) is 4.38. The van der Waals surface area contributed by atoms with Gasteiger partial charge in [-0.2, -0.15) is 0 Å². The summed E-state index contributed by atoms with van der Waals surface area (Å²) in [5, 5.41) is 4.05. The van der Waals surface area contributed by atoms with Crippen LogP contribution in [0.4, 0.5) is 0 Å². The van der Waals surface area contributed by atoms with Crippen LogP contribution in [0.25, 0.3) is 11.0 Å². The summed E-state index contributed by atoms with van der Waals surface area (Å²) < 4.78 is 6.15. The summed E-state index contributed by atoms with van der Waals surface area (Å²) in [7, 11) is 0. The summed E-state index contributed by atoms with van der Waals surface area (Å²) in [5.41, 5.74) is 1.09. The van der Waals surface area contributed by atoms with E-state index >= 15 is 0 Å². The van der Waals surface area contributed by atoms with Crippen molar-refractivity contribution in [3.05, 3.63) is 28.7 Å². The molecule has 0 aromatic carbocycles. The maximum absolute atomic E-state index is 12.5. The molecular formula is C16H18BrN3O2. The minimum absolute atomic E-state index is 0.110. The van der Waals surface area contributed by atoms with Gasteiger partial charge in [0.15, 0.2) is 4.67 Å². The van der Waals surface area contributed by atoms with E-state index in [9.17, 15) is 4.79 Å². The van der Waals surface area contributed by atoms with Gasteiger partial charge >= 0.3 is 0 Å². The maximum atomic E-state index is 12.5. The number of furan rings is 1. The van der Waals surface area contributed by atoms with Gasteiger partial charge in [-0.05, 0) is 48.2 Å². The quantitative estimate of drug-likeness (QED) is 0.891. The van der Waals surface area contributed by atoms with E-state index in [4.69, 9.17) is 4.42 Å². The molecule has 116 valence electrons. The molecule has 3 aliphatic rings. The van der Waals surface area contributed by atoms with Crippen molar-refractivity contribution < 1.29 is 9.21 Å². The lowest BCUT2D eigenvalue weighted by molar-refractivity contribution is 0.0273. The second-order valence-corrected chi connectivity index (χ2v) is 7.15. The number of aromatic nitrogens is 1. The zero-order valence-electron chi connectivity index (χ0n) is 12.4. The van der Waals surface area contributed by atoms with Crippen LogP contribution in [0, 0.1) is 5.92 Å². The number of carbonyl (C=O) groups is 1. The fourth-order valence-electron chi connectivity index (χ4n) is 3.73. The first-order valence-electron chi connectivity index (χ1n) is 7.70. The van der Waals surface area contributed by atoms with Crippen molar-refractivity contribution in [3.63, 3.8) is 0 Å². The predicted octanol–water partition coefficient (Wildman–Crippen LogP) is 2.80. The Hall–Kier alpha value is -1.40. The number of hydrogen-bond donors (Lipinski definition) is 1. The van der Waals surface area contributed by atoms with E-state index in [1.165, 1.54) is 12.8 Å². The van der Waals surface area contributed by atoms with Gasteiger partial charge in [-0.15, -0.1) is 0 Å². The first-order valence-corrected chi connectivity index (χ1v) is 8.49. The topological polar surface area (TPSA) is 58.4 Å². The molecule has 1 amide bonds. The fourth-order valence-corrected chi connectivity index (χ4v) is 4.15. The van der Waals surface area contributed by atoms with Crippen LogP contribution in [0.1, 0.15) is 30.3 Å². The number of carbonyl (C=O) groups excluding carboxylic acids is 1. The van der Waals surface area contributed by atoms with Gasteiger partial charge in [-0.25, -0.2) is 0 Å². The number of nitrogens with one attached hydrogen (secondary N) is 1. The summed E-state index contributed by atoms with van der Waals surface area (Å²) in [5.74, 6) is 0.478. The number of halogens is 1. The van der Waals surface area contributed by atoms with Crippen molar-refractivity contribution in [2.24, 2.45) is 5.92 Å². The largest absolute Gasteiger partial charge is 0.449 e. The van der Waals surface area contributed by atoms with E-state index in [0.29, 0.717) is 27.9 Å². The molecule has 2 aromatic heterocycles. The molecule has 4 atom stereocenters. The van der Waals surface area contributed by atoms with E-state index in [1.807, 2.05) is 6.07 Å². The van der Waals surface area contributed by atoms with Crippen LogP contribution in [0.2, 0.25) is 0 Å². The van der Waals surface area contributed by atoms with Crippen molar-refractivity contribution >= 4 is 32.8 Å². The number of nitrogens with zero attached hydrogens (tertiary/aromatic N) is 2. The van der Waals surface area contributed by atoms with Gasteiger partial charge in [0.05, 0.1) is 0 Å². The van der Waals surface area contributed by atoms with Crippen molar-refractivity contribution in [1.82, 2.24) is 15.2 Å².